The third-order valence-corrected chi connectivity index (χ3v) is 15.0. The van der Waals surface area contributed by atoms with E-state index in [-0.39, 0.29) is 23.9 Å². The van der Waals surface area contributed by atoms with E-state index in [1.54, 1.807) is 37.2 Å². The Hall–Kier alpha value is -8.50. The Morgan fingerprint density at radius 1 is 0.636 bits per heavy atom. The quantitative estimate of drug-likeness (QED) is 0.109. The second kappa shape index (κ2) is 22.8. The number of ketones is 2. The third-order valence-electron chi connectivity index (χ3n) is 14.3. The van der Waals surface area contributed by atoms with Crippen molar-refractivity contribution in [3.05, 3.63) is 132 Å². The maximum atomic E-state index is 11.4. The zero-order valence-electron chi connectivity index (χ0n) is 42.9. The van der Waals surface area contributed by atoms with Gasteiger partial charge < -0.3 is 29.1 Å². The van der Waals surface area contributed by atoms with E-state index in [2.05, 4.69) is 80.0 Å². The van der Waals surface area contributed by atoms with Crippen LogP contribution in [0.2, 0.25) is 0 Å². The number of pyridine rings is 6. The number of piperidine rings is 2. The summed E-state index contributed by atoms with van der Waals surface area (Å²) in [4.78, 5) is 49.1. The summed E-state index contributed by atoms with van der Waals surface area (Å²) in [6.45, 7) is 8.48. The van der Waals surface area contributed by atoms with Crippen molar-refractivity contribution >= 4 is 50.2 Å². The number of piperazine rings is 2. The number of hydrogen-bond donors (Lipinski definition) is 1. The fraction of sp³-hybridized carbons (Fsp3) is 0.321. The summed E-state index contributed by atoms with van der Waals surface area (Å²) in [6, 6.07) is 25.8. The van der Waals surface area contributed by atoms with Gasteiger partial charge in [0, 0.05) is 123 Å². The van der Waals surface area contributed by atoms with Crippen LogP contribution in [0, 0.1) is 22.7 Å². The Morgan fingerprint density at radius 3 is 1.49 bits per heavy atom. The Kier molecular flexibility index (Phi) is 15.4. The van der Waals surface area contributed by atoms with Gasteiger partial charge in [-0.2, -0.15) is 20.7 Å². The smallest absolute Gasteiger partial charge is 0.212 e. The van der Waals surface area contributed by atoms with Gasteiger partial charge in [-0.3, -0.25) is 19.4 Å². The first kappa shape index (κ1) is 52.0. The lowest BCUT2D eigenvalue weighted by Gasteiger charge is -2.56. The molecule has 6 aliphatic heterocycles. The average molecular weight is 1100 g/mol. The average Bonchev–Trinajstić information content (AvgIpc) is 4.10. The molecule has 6 aliphatic rings. The van der Waals surface area contributed by atoms with Crippen LogP contribution in [-0.4, -0.2) is 142 Å². The van der Waals surface area contributed by atoms with Crippen LogP contribution < -0.4 is 24.0 Å². The van der Waals surface area contributed by atoms with Crippen LogP contribution in [0.15, 0.2) is 110 Å². The van der Waals surface area contributed by atoms with Gasteiger partial charge in [-0.05, 0) is 74.2 Å². The summed E-state index contributed by atoms with van der Waals surface area (Å²) < 4.78 is 19.1. The maximum Gasteiger partial charge on any atom is 0.212 e. The Morgan fingerprint density at radius 2 is 1.10 bits per heavy atom. The van der Waals surface area contributed by atoms with Crippen LogP contribution in [0.4, 0.5) is 11.6 Å². The molecule has 1 N–H and O–H groups in total. The van der Waals surface area contributed by atoms with Crippen molar-refractivity contribution in [3.63, 3.8) is 0 Å². The van der Waals surface area contributed by atoms with Crippen molar-refractivity contribution in [2.24, 2.45) is 0 Å². The molecule has 0 radical (unpaired) electrons. The summed E-state index contributed by atoms with van der Waals surface area (Å²) in [6.07, 6.45) is 16.0. The van der Waals surface area contributed by atoms with E-state index in [4.69, 9.17) is 24.2 Å². The van der Waals surface area contributed by atoms with E-state index in [1.807, 2.05) is 61.1 Å². The van der Waals surface area contributed by atoms with Crippen LogP contribution in [-0.2, 0) is 22.7 Å². The number of carbonyl (C=O) groups is 2. The number of methoxy groups -OCH3 is 2. The number of fused-ring (bicyclic) bond motifs is 6. The molecular weight excluding hydrogens is 1040 g/mol. The molecule has 0 aliphatic carbocycles. The number of nitriles is 2. The highest BCUT2D eigenvalue weighted by Gasteiger charge is 2.46. The maximum absolute atomic E-state index is 11.4. The molecule has 0 aromatic carbocycles. The number of aromatic nitrogens is 8. The summed E-state index contributed by atoms with van der Waals surface area (Å²) in [5.74, 6) is 3.82. The number of carbonyl (C=O) groups excluding carboxylic acids is 2. The summed E-state index contributed by atoms with van der Waals surface area (Å²) in [5.41, 5.74) is 7.84. The fourth-order valence-electron chi connectivity index (χ4n) is 10.5. The number of nitrogens with zero attached hydrogens (tertiary/aromatic N) is 14. The van der Waals surface area contributed by atoms with Crippen molar-refractivity contribution in [2.75, 3.05) is 62.1 Å². The molecule has 8 aromatic heterocycles. The monoisotopic (exact) mass is 1100 g/mol. The molecule has 392 valence electrons. The van der Waals surface area contributed by atoms with Crippen molar-refractivity contribution in [1.29, 1.82) is 10.5 Å². The second-order valence-corrected chi connectivity index (χ2v) is 20.0. The highest BCUT2D eigenvalue weighted by molar-refractivity contribution is 9.09. The van der Waals surface area contributed by atoms with Crippen molar-refractivity contribution in [1.82, 2.24) is 49.0 Å². The van der Waals surface area contributed by atoms with Gasteiger partial charge in [0.05, 0.1) is 66.5 Å². The first-order valence-corrected chi connectivity index (χ1v) is 26.2. The topological polar surface area (TPSA) is 229 Å². The lowest BCUT2D eigenvalue weighted by Crippen LogP contribution is -2.68. The Bertz CT molecular complexity index is 3480. The summed E-state index contributed by atoms with van der Waals surface area (Å²) >= 11 is 2.96. The van der Waals surface area contributed by atoms with Crippen molar-refractivity contribution < 1.29 is 28.9 Å². The minimum Gasteiger partial charge on any atom is -0.506 e. The highest BCUT2D eigenvalue weighted by atomic mass is 79.9. The highest BCUT2D eigenvalue weighted by Crippen LogP contribution is 2.39. The van der Waals surface area contributed by atoms with E-state index >= 15 is 0 Å². The number of alkyl halides is 1. The van der Waals surface area contributed by atoms with Crippen LogP contribution in [0.25, 0.3) is 33.3 Å². The molecule has 77 heavy (non-hydrogen) atoms. The van der Waals surface area contributed by atoms with Crippen molar-refractivity contribution in [2.45, 2.75) is 63.9 Å². The van der Waals surface area contributed by atoms with E-state index < -0.39 is 0 Å². The lowest BCUT2D eigenvalue weighted by atomic mass is 9.87. The first-order chi connectivity index (χ1) is 37.4. The predicted molar refractivity (Wildman–Crippen MR) is 290 cm³/mol. The summed E-state index contributed by atoms with van der Waals surface area (Å²) in [7, 11) is 3.25. The van der Waals surface area contributed by atoms with Crippen molar-refractivity contribution in [3.8, 4) is 57.7 Å². The second-order valence-electron chi connectivity index (χ2n) is 19.4. The van der Waals surface area contributed by atoms with Gasteiger partial charge in [0.15, 0.2) is 5.78 Å². The van der Waals surface area contributed by atoms with Crippen LogP contribution in [0.1, 0.15) is 48.9 Å². The zero-order chi connectivity index (χ0) is 53.7. The molecule has 0 amide bonds. The summed E-state index contributed by atoms with van der Waals surface area (Å²) in [5, 5.41) is 38.1. The number of rotatable bonds is 14. The van der Waals surface area contributed by atoms with Gasteiger partial charge in [0.2, 0.25) is 11.8 Å². The normalized spacial score (nSPS) is 18.3. The number of halogens is 1. The van der Waals surface area contributed by atoms with E-state index in [0.29, 0.717) is 69.2 Å². The minimum atomic E-state index is -0.0744. The third kappa shape index (κ3) is 11.2. The molecule has 14 rings (SSSR count). The van der Waals surface area contributed by atoms with Crippen LogP contribution >= 0.6 is 15.9 Å². The lowest BCUT2D eigenvalue weighted by molar-refractivity contribution is -0.119. The van der Waals surface area contributed by atoms with E-state index in [0.717, 1.165) is 73.2 Å². The van der Waals surface area contributed by atoms with Gasteiger partial charge in [-0.1, -0.05) is 28.1 Å². The first-order valence-electron chi connectivity index (χ1n) is 25.0. The van der Waals surface area contributed by atoms with Crippen LogP contribution in [0.3, 0.4) is 0 Å². The number of hydrogen-bond acceptors (Lipinski definition) is 18. The van der Waals surface area contributed by atoms with Gasteiger partial charge in [-0.15, -0.1) is 0 Å². The number of ether oxygens (including phenoxy) is 3. The Balaban J connectivity index is 0.000000161. The molecule has 14 heterocycles. The molecule has 21 heteroatoms. The molecule has 8 aromatic rings. The van der Waals surface area contributed by atoms with Gasteiger partial charge >= 0.3 is 0 Å². The van der Waals surface area contributed by atoms with Gasteiger partial charge in [0.25, 0.3) is 0 Å². The molecule has 0 spiro atoms. The van der Waals surface area contributed by atoms with E-state index in [1.165, 1.54) is 60.9 Å². The minimum absolute atomic E-state index is 0.0300. The number of Topliss-reactive ketones (excluding diaryl/α,β-unsaturated/α-hetero) is 2. The largest absolute Gasteiger partial charge is 0.506 e. The standard InChI is InChI=1S/C28H27N7O3.C25H23N7O2.C3H5BrO/c1-18(36)17-38-24-8-25(28-21(9-29)12-32-35(28)16-24)20-4-5-26(30-11-20)33-14-22-7-23(15-33)34(22)13-19-3-6-27(37-2)31-10-19;1-34-24-5-2-16(9-28-24)12-31-19-6-20(31)14-30(13-19)23-4-3-17(10-27-23)22-7-21(33)15-32-25(22)18(8-26)11-29-32;1-3(5)2-4/h3-6,8,10-12,16,22-23H,7,13-15,17H2,1-2H3;2-5,7,9-11,15,19-20,33H,6,12-14H2,1H3;2H2,1H3. The molecule has 20 nitrogen and oxygen atoms in total. The van der Waals surface area contributed by atoms with Crippen LogP contribution in [0.5, 0.6) is 23.3 Å². The van der Waals surface area contributed by atoms with E-state index in [9.17, 15) is 25.2 Å². The molecular formula is C56H55BrN14O6. The fourth-order valence-corrected chi connectivity index (χ4v) is 10.5. The van der Waals surface area contributed by atoms with Gasteiger partial charge in [0.1, 0.15) is 47.7 Å². The zero-order valence-corrected chi connectivity index (χ0v) is 44.5. The molecule has 4 atom stereocenters. The Labute approximate surface area is 452 Å². The predicted octanol–water partition coefficient (Wildman–Crippen LogP) is 6.91. The molecule has 0 saturated carbocycles. The molecule has 4 bridgehead atoms. The SMILES string of the molecule is CC(=O)CBr.COc1ccc(CN2C3CC2CN(c2ccc(-c4cc(O)cn5ncc(C#N)c45)cn2)C3)cn1.COc1ccc(CN2C3CC2CN(c2ccc(-c4cc(OCC(C)=O)cn5ncc(C#N)c45)cn2)C3)cn1. The molecule has 6 fully saturated rings. The molecule has 6 saturated heterocycles. The number of aromatic hydroxyl groups is 1. The van der Waals surface area contributed by atoms with Gasteiger partial charge in [-0.25, -0.2) is 29.0 Å². The number of anilines is 2. The molecule has 4 unspecified atom stereocenters.